The van der Waals surface area contributed by atoms with Crippen molar-refractivity contribution in [3.8, 4) is 0 Å². The van der Waals surface area contributed by atoms with Gasteiger partial charge in [-0.25, -0.2) is 9.59 Å². The van der Waals surface area contributed by atoms with Crippen molar-refractivity contribution in [2.75, 3.05) is 13.2 Å². The van der Waals surface area contributed by atoms with Crippen molar-refractivity contribution >= 4 is 24.1 Å². The van der Waals surface area contributed by atoms with Crippen molar-refractivity contribution in [1.29, 1.82) is 0 Å². The normalized spacial score (nSPS) is 10.4. The van der Waals surface area contributed by atoms with Gasteiger partial charge in [-0.2, -0.15) is 0 Å². The fraction of sp³-hybridized carbons (Fsp3) is 0.250. The molecule has 4 nitrogen and oxygen atoms in total. The molecule has 0 bridgehead atoms. The second kappa shape index (κ2) is 11.0. The van der Waals surface area contributed by atoms with Crippen LogP contribution >= 0.6 is 0 Å². The van der Waals surface area contributed by atoms with Gasteiger partial charge in [0.2, 0.25) is 0 Å². The van der Waals surface area contributed by atoms with Gasteiger partial charge in [-0.05, 0) is 37.1 Å². The second-order valence-electron chi connectivity index (χ2n) is 3.80. The molecule has 0 aromatic heterocycles. The molecule has 5 heteroatoms. The van der Waals surface area contributed by atoms with E-state index in [2.05, 4.69) is 0 Å². The molecule has 1 rings (SSSR count). The molecule has 21 heavy (non-hydrogen) atoms. The molecule has 1 aromatic carbocycles. The monoisotopic (exact) mass is 376 g/mol. The van der Waals surface area contributed by atoms with Crippen molar-refractivity contribution < 1.29 is 38.5 Å². The second-order valence-corrected chi connectivity index (χ2v) is 3.80. The Bertz CT molecular complexity index is 474. The van der Waals surface area contributed by atoms with Gasteiger partial charge in [-0.1, -0.05) is 24.3 Å². The Morgan fingerprint density at radius 3 is 1.62 bits per heavy atom. The summed E-state index contributed by atoms with van der Waals surface area (Å²) in [5, 5.41) is 0. The third kappa shape index (κ3) is 7.57. The first-order valence-electron chi connectivity index (χ1n) is 6.46. The molecule has 0 spiro atoms. The van der Waals surface area contributed by atoms with E-state index in [1.165, 1.54) is 12.2 Å². The zero-order valence-electron chi connectivity index (χ0n) is 12.0. The van der Waals surface area contributed by atoms with Crippen LogP contribution in [0, 0.1) is 0 Å². The summed E-state index contributed by atoms with van der Waals surface area (Å²) in [5.41, 5.74) is 1.64. The number of carbonyl (C=O) groups is 2. The van der Waals surface area contributed by atoms with Crippen molar-refractivity contribution in [3.63, 3.8) is 0 Å². The summed E-state index contributed by atoms with van der Waals surface area (Å²) in [4.78, 5) is 22.6. The maximum Gasteiger partial charge on any atom is 0.330 e. The molecule has 0 fully saturated rings. The van der Waals surface area contributed by atoms with E-state index in [-0.39, 0.29) is 19.5 Å². The van der Waals surface area contributed by atoms with Gasteiger partial charge in [-0.3, -0.25) is 0 Å². The first-order chi connectivity index (χ1) is 9.67. The molecule has 0 radical (unpaired) electrons. The first-order valence-corrected chi connectivity index (χ1v) is 6.46. The van der Waals surface area contributed by atoms with E-state index in [0.717, 1.165) is 11.1 Å². The van der Waals surface area contributed by atoms with Crippen LogP contribution in [0.1, 0.15) is 25.0 Å². The summed E-state index contributed by atoms with van der Waals surface area (Å²) in [6.07, 6.45) is 6.03. The molecule has 0 saturated heterocycles. The predicted octanol–water partition coefficient (Wildman–Crippen LogP) is 2.84. The van der Waals surface area contributed by atoms with E-state index in [4.69, 9.17) is 9.47 Å². The molecule has 1 aromatic rings. The molecule has 0 aliphatic heterocycles. The van der Waals surface area contributed by atoms with E-state index in [0.29, 0.717) is 13.2 Å². The summed E-state index contributed by atoms with van der Waals surface area (Å²) in [5.74, 6) is -0.784. The Labute approximate surface area is 137 Å². The fourth-order valence-electron chi connectivity index (χ4n) is 1.51. The average Bonchev–Trinajstić information content (AvgIpc) is 2.44. The molecule has 0 aliphatic rings. The minimum Gasteiger partial charge on any atom is -0.463 e. The van der Waals surface area contributed by atoms with Crippen LogP contribution in [0.5, 0.6) is 0 Å². The molecular formula is C16H18O4Ru. The number of benzene rings is 1. The summed E-state index contributed by atoms with van der Waals surface area (Å²) in [6, 6.07) is 7.40. The molecule has 114 valence electrons. The van der Waals surface area contributed by atoms with E-state index < -0.39 is 11.9 Å². The van der Waals surface area contributed by atoms with Crippen LogP contribution < -0.4 is 0 Å². The van der Waals surface area contributed by atoms with Crippen LogP contribution in [0.2, 0.25) is 0 Å². The van der Waals surface area contributed by atoms with Crippen LogP contribution in [0.25, 0.3) is 12.2 Å². The van der Waals surface area contributed by atoms with Gasteiger partial charge in [0, 0.05) is 31.6 Å². The summed E-state index contributed by atoms with van der Waals surface area (Å²) in [7, 11) is 0. The van der Waals surface area contributed by atoms with Crippen LogP contribution in [0.4, 0.5) is 0 Å². The van der Waals surface area contributed by atoms with E-state index >= 15 is 0 Å². The SMILES string of the molecule is CCOC(=O)C=Cc1ccccc1C=CC(=O)OCC.[Ru]. The molecule has 0 atom stereocenters. The zero-order valence-corrected chi connectivity index (χ0v) is 13.8. The van der Waals surface area contributed by atoms with E-state index in [1.807, 2.05) is 24.3 Å². The quantitative estimate of drug-likeness (QED) is 0.436. The van der Waals surface area contributed by atoms with Gasteiger partial charge in [0.05, 0.1) is 13.2 Å². The number of ether oxygens (including phenoxy) is 2. The summed E-state index contributed by atoms with van der Waals surface area (Å²) >= 11 is 0. The van der Waals surface area contributed by atoms with Crippen molar-refractivity contribution in [2.45, 2.75) is 13.8 Å². The first kappa shape index (κ1) is 19.3. The van der Waals surface area contributed by atoms with Crippen LogP contribution in [-0.4, -0.2) is 25.2 Å². The number of hydrogen-bond donors (Lipinski definition) is 0. The molecule has 0 amide bonds. The van der Waals surface area contributed by atoms with Gasteiger partial charge >= 0.3 is 11.9 Å². The van der Waals surface area contributed by atoms with Crippen LogP contribution in [0.3, 0.4) is 0 Å². The fourth-order valence-corrected chi connectivity index (χ4v) is 1.51. The third-order valence-corrected chi connectivity index (χ3v) is 2.37. The van der Waals surface area contributed by atoms with Gasteiger partial charge < -0.3 is 9.47 Å². The van der Waals surface area contributed by atoms with E-state index in [1.54, 1.807) is 26.0 Å². The largest absolute Gasteiger partial charge is 0.463 e. The Morgan fingerprint density at radius 2 is 1.29 bits per heavy atom. The van der Waals surface area contributed by atoms with Crippen LogP contribution in [0.15, 0.2) is 36.4 Å². The number of hydrogen-bond acceptors (Lipinski definition) is 4. The maximum atomic E-state index is 11.3. The average molecular weight is 375 g/mol. The van der Waals surface area contributed by atoms with Gasteiger partial charge in [-0.15, -0.1) is 0 Å². The Morgan fingerprint density at radius 1 is 0.905 bits per heavy atom. The van der Waals surface area contributed by atoms with Gasteiger partial charge in [0.15, 0.2) is 0 Å². The van der Waals surface area contributed by atoms with Crippen molar-refractivity contribution in [3.05, 3.63) is 47.5 Å². The minimum absolute atomic E-state index is 0. The molecule has 0 aliphatic carbocycles. The van der Waals surface area contributed by atoms with Crippen molar-refractivity contribution in [2.24, 2.45) is 0 Å². The smallest absolute Gasteiger partial charge is 0.330 e. The van der Waals surface area contributed by atoms with E-state index in [9.17, 15) is 9.59 Å². The third-order valence-electron chi connectivity index (χ3n) is 2.37. The molecule has 0 saturated carbocycles. The summed E-state index contributed by atoms with van der Waals surface area (Å²) < 4.78 is 9.63. The zero-order chi connectivity index (χ0) is 14.8. The molecule has 0 N–H and O–H groups in total. The predicted molar refractivity (Wildman–Crippen MR) is 77.8 cm³/mol. The molecular weight excluding hydrogens is 357 g/mol. The molecule has 0 heterocycles. The topological polar surface area (TPSA) is 52.6 Å². The molecule has 0 unspecified atom stereocenters. The van der Waals surface area contributed by atoms with Gasteiger partial charge in [0.1, 0.15) is 0 Å². The van der Waals surface area contributed by atoms with Gasteiger partial charge in [0.25, 0.3) is 0 Å². The number of rotatable bonds is 6. The standard InChI is InChI=1S/C16H18O4.Ru/c1-3-19-15(17)11-9-13-7-5-6-8-14(13)10-12-16(18)20-4-2;/h5-12H,3-4H2,1-2H3;. The maximum absolute atomic E-state index is 11.3. The Balaban J connectivity index is 0.00000400. The Kier molecular flexibility index (Phi) is 10.1. The number of esters is 2. The number of carbonyl (C=O) groups excluding carboxylic acids is 2. The van der Waals surface area contributed by atoms with Crippen molar-refractivity contribution in [1.82, 2.24) is 0 Å². The minimum atomic E-state index is -0.392. The Hall–Kier alpha value is -1.74. The van der Waals surface area contributed by atoms with Crippen LogP contribution in [-0.2, 0) is 38.5 Å². The summed E-state index contributed by atoms with van der Waals surface area (Å²) in [6.45, 7) is 4.19.